The van der Waals surface area contributed by atoms with Crippen LogP contribution in [0.1, 0.15) is 25.3 Å². The third kappa shape index (κ3) is 4.25. The first kappa shape index (κ1) is 16.9. The van der Waals surface area contributed by atoms with Crippen molar-refractivity contribution in [1.29, 1.82) is 0 Å². The zero-order chi connectivity index (χ0) is 15.2. The van der Waals surface area contributed by atoms with Crippen LogP contribution in [0.15, 0.2) is 60.7 Å². The van der Waals surface area contributed by atoms with E-state index in [1.165, 1.54) is 27.5 Å². The molecule has 108 valence electrons. The summed E-state index contributed by atoms with van der Waals surface area (Å²) in [6, 6.07) is 21.8. The fourth-order valence-electron chi connectivity index (χ4n) is 2.46. The Morgan fingerprint density at radius 3 is 2.24 bits per heavy atom. The van der Waals surface area contributed by atoms with Gasteiger partial charge in [-0.25, -0.2) is 0 Å². The predicted molar refractivity (Wildman–Crippen MR) is 90.8 cm³/mol. The molecule has 0 spiro atoms. The summed E-state index contributed by atoms with van der Waals surface area (Å²) in [6.45, 7) is 4.49. The summed E-state index contributed by atoms with van der Waals surface area (Å²) in [4.78, 5) is 0. The molecular formula is C18H17Cl2Zr-. The molecule has 0 aliphatic carbocycles. The minimum atomic E-state index is -0.826. The second-order valence-electron chi connectivity index (χ2n) is 5.19. The van der Waals surface area contributed by atoms with Crippen LogP contribution in [0.4, 0.5) is 0 Å². The van der Waals surface area contributed by atoms with Gasteiger partial charge in [-0.15, -0.1) is 34.5 Å². The fraction of sp³-hybridized carbons (Fsp3) is 0.167. The van der Waals surface area contributed by atoms with Crippen LogP contribution in [-0.2, 0) is 20.8 Å². The van der Waals surface area contributed by atoms with Gasteiger partial charge >= 0.3 is 37.9 Å². The predicted octanol–water partition coefficient (Wildman–Crippen LogP) is 6.73. The molecule has 0 radical (unpaired) electrons. The molecule has 0 unspecified atom stereocenters. The van der Waals surface area contributed by atoms with Crippen LogP contribution in [0.3, 0.4) is 0 Å². The topological polar surface area (TPSA) is 0 Å². The van der Waals surface area contributed by atoms with Gasteiger partial charge in [0.05, 0.1) is 0 Å². The molecule has 0 atom stereocenters. The van der Waals surface area contributed by atoms with Gasteiger partial charge in [0.15, 0.2) is 0 Å². The molecule has 0 saturated heterocycles. The molecule has 0 N–H and O–H groups in total. The van der Waals surface area contributed by atoms with Crippen LogP contribution < -0.4 is 0 Å². The fourth-order valence-corrected chi connectivity index (χ4v) is 2.46. The summed E-state index contributed by atoms with van der Waals surface area (Å²) in [7, 11) is 9.87. The first-order valence-electron chi connectivity index (χ1n) is 6.88. The first-order chi connectivity index (χ1) is 10.2. The molecule has 3 aromatic rings. The van der Waals surface area contributed by atoms with Crippen LogP contribution in [0, 0.1) is 0 Å². The van der Waals surface area contributed by atoms with Crippen molar-refractivity contribution in [3.05, 3.63) is 66.2 Å². The molecule has 3 heteroatoms. The number of hydrogen-bond donors (Lipinski definition) is 0. The van der Waals surface area contributed by atoms with Gasteiger partial charge in [-0.3, -0.25) is 0 Å². The van der Waals surface area contributed by atoms with E-state index in [0.29, 0.717) is 5.92 Å². The second-order valence-corrected chi connectivity index (χ2v) is 8.92. The van der Waals surface area contributed by atoms with Crippen LogP contribution in [0.2, 0.25) is 0 Å². The van der Waals surface area contributed by atoms with E-state index in [-0.39, 0.29) is 0 Å². The number of hydrogen-bond acceptors (Lipinski definition) is 0. The summed E-state index contributed by atoms with van der Waals surface area (Å²) in [5, 5.41) is 2.72. The number of benzene rings is 2. The average Bonchev–Trinajstić information content (AvgIpc) is 2.93. The minimum absolute atomic E-state index is 0.584. The maximum absolute atomic E-state index is 4.93. The molecule has 0 aliphatic heterocycles. The molecule has 3 rings (SSSR count). The standard InChI is InChI=1S/C18H17.2ClH.Zr/c1-13(2)16-11-15-9-6-10-17(18(15)12-16)14-7-4-3-5-8-14;;;/h3-13H,1-2H3;2*1H;/q-1;;;+2/p-2. The molecule has 0 heterocycles. The van der Waals surface area contributed by atoms with E-state index in [0.717, 1.165) is 0 Å². The van der Waals surface area contributed by atoms with Gasteiger partial charge in [0.1, 0.15) is 0 Å². The van der Waals surface area contributed by atoms with Crippen molar-refractivity contribution in [2.45, 2.75) is 19.8 Å². The Bertz CT molecular complexity index is 687. The van der Waals surface area contributed by atoms with Gasteiger partial charge in [-0.05, 0) is 11.5 Å². The van der Waals surface area contributed by atoms with Crippen molar-refractivity contribution in [1.82, 2.24) is 0 Å². The van der Waals surface area contributed by atoms with Crippen molar-refractivity contribution in [3.8, 4) is 11.1 Å². The average molecular weight is 395 g/mol. The number of rotatable bonds is 2. The Balaban J connectivity index is 0.000000497. The van der Waals surface area contributed by atoms with Crippen molar-refractivity contribution >= 4 is 27.8 Å². The molecule has 21 heavy (non-hydrogen) atoms. The molecule has 3 aromatic carbocycles. The van der Waals surface area contributed by atoms with E-state index >= 15 is 0 Å². The Labute approximate surface area is 145 Å². The molecule has 0 bridgehead atoms. The first-order valence-corrected chi connectivity index (χ1v) is 13.2. The Kier molecular flexibility index (Phi) is 6.61. The second kappa shape index (κ2) is 8.23. The van der Waals surface area contributed by atoms with Gasteiger partial charge in [0.25, 0.3) is 0 Å². The zero-order valence-corrected chi connectivity index (χ0v) is 16.1. The quantitative estimate of drug-likeness (QED) is 0.422. The normalized spacial score (nSPS) is 10.3. The van der Waals surface area contributed by atoms with Crippen LogP contribution in [0.25, 0.3) is 21.9 Å². The molecule has 0 aliphatic rings. The molecule has 0 fully saturated rings. The third-order valence-electron chi connectivity index (χ3n) is 3.52. The molecule has 0 nitrogen and oxygen atoms in total. The monoisotopic (exact) mass is 393 g/mol. The maximum atomic E-state index is 4.93. The molecule has 0 aromatic heterocycles. The summed E-state index contributed by atoms with van der Waals surface area (Å²) < 4.78 is 0. The number of halogens is 2. The van der Waals surface area contributed by atoms with Crippen molar-refractivity contribution in [2.75, 3.05) is 0 Å². The van der Waals surface area contributed by atoms with Gasteiger partial charge in [-0.2, -0.15) is 6.07 Å². The molecular weight excluding hydrogens is 378 g/mol. The van der Waals surface area contributed by atoms with E-state index in [1.807, 2.05) is 0 Å². The summed E-state index contributed by atoms with van der Waals surface area (Å²) in [5.74, 6) is 0.584. The van der Waals surface area contributed by atoms with Gasteiger partial charge in [0, 0.05) is 0 Å². The van der Waals surface area contributed by atoms with Crippen molar-refractivity contribution < 1.29 is 20.8 Å². The van der Waals surface area contributed by atoms with Crippen LogP contribution in [0.5, 0.6) is 0 Å². The van der Waals surface area contributed by atoms with E-state index in [4.69, 9.17) is 17.0 Å². The summed E-state index contributed by atoms with van der Waals surface area (Å²) >= 11 is -0.826. The summed E-state index contributed by atoms with van der Waals surface area (Å²) in [5.41, 5.74) is 4.05. The van der Waals surface area contributed by atoms with Gasteiger partial charge in [-0.1, -0.05) is 55.8 Å². The Morgan fingerprint density at radius 1 is 0.952 bits per heavy atom. The van der Waals surface area contributed by atoms with E-state index in [9.17, 15) is 0 Å². The number of fused-ring (bicyclic) bond motifs is 1. The molecule has 0 amide bonds. The van der Waals surface area contributed by atoms with Gasteiger partial charge in [0.2, 0.25) is 0 Å². The van der Waals surface area contributed by atoms with Gasteiger partial charge < -0.3 is 0 Å². The SMILES string of the molecule is CC(C)c1cc2c(-c3ccccc3)cccc2[cH-]1.[Cl][Zr][Cl]. The Hall–Kier alpha value is -0.487. The Morgan fingerprint density at radius 2 is 1.62 bits per heavy atom. The summed E-state index contributed by atoms with van der Waals surface area (Å²) in [6.07, 6.45) is 0. The van der Waals surface area contributed by atoms with Crippen LogP contribution in [-0.4, -0.2) is 0 Å². The van der Waals surface area contributed by atoms with E-state index < -0.39 is 20.8 Å². The van der Waals surface area contributed by atoms with Crippen molar-refractivity contribution in [3.63, 3.8) is 0 Å². The third-order valence-corrected chi connectivity index (χ3v) is 3.52. The van der Waals surface area contributed by atoms with E-state index in [1.54, 1.807) is 0 Å². The molecule has 0 saturated carbocycles. The van der Waals surface area contributed by atoms with Crippen molar-refractivity contribution in [2.24, 2.45) is 0 Å². The van der Waals surface area contributed by atoms with Crippen LogP contribution >= 0.6 is 17.0 Å². The zero-order valence-electron chi connectivity index (χ0n) is 12.1. The van der Waals surface area contributed by atoms with E-state index in [2.05, 4.69) is 74.5 Å².